The van der Waals surface area contributed by atoms with Gasteiger partial charge in [-0.25, -0.2) is 14.6 Å². The lowest BCUT2D eigenvalue weighted by Gasteiger charge is -2.24. The maximum absolute atomic E-state index is 13.6. The maximum atomic E-state index is 13.6. The third-order valence-corrected chi connectivity index (χ3v) is 6.98. The van der Waals surface area contributed by atoms with Crippen molar-refractivity contribution in [3.63, 3.8) is 0 Å². The van der Waals surface area contributed by atoms with E-state index in [1.165, 1.54) is 25.4 Å². The Hall–Kier alpha value is -3.96. The van der Waals surface area contributed by atoms with Gasteiger partial charge in [-0.15, -0.1) is 0 Å². The molecule has 13 heteroatoms. The molecular weight excluding hydrogens is 568 g/mol. The Labute approximate surface area is 236 Å². The monoisotopic (exact) mass is 588 g/mol. The standard InChI is InChI=1S/C27H21Cl2F3N6O2/c1-33-26(40)22-21(14-6-4-7-15(28)12-14)16-8-2-3-10-18(16)35-23(22)36-25(39)19-13-20(27(30,31)32)37-38(19)24-17(29)9-5-11-34-24/h4-7,9,11-13H,2-3,8,10H2,1H3,(H,33,40)(H,35,36,39). The predicted octanol–water partition coefficient (Wildman–Crippen LogP) is 6.15. The zero-order chi connectivity index (χ0) is 28.6. The van der Waals surface area contributed by atoms with E-state index in [1.54, 1.807) is 24.3 Å². The highest BCUT2D eigenvalue weighted by Crippen LogP contribution is 2.38. The van der Waals surface area contributed by atoms with Gasteiger partial charge in [0.25, 0.3) is 11.8 Å². The molecule has 8 nitrogen and oxygen atoms in total. The van der Waals surface area contributed by atoms with Gasteiger partial charge >= 0.3 is 6.18 Å². The molecule has 0 unspecified atom stereocenters. The average molecular weight is 589 g/mol. The number of pyridine rings is 2. The molecule has 0 bridgehead atoms. The van der Waals surface area contributed by atoms with Gasteiger partial charge in [-0.3, -0.25) is 9.59 Å². The molecule has 0 fully saturated rings. The van der Waals surface area contributed by atoms with Crippen molar-refractivity contribution in [1.82, 2.24) is 25.1 Å². The molecule has 40 heavy (non-hydrogen) atoms. The van der Waals surface area contributed by atoms with E-state index >= 15 is 0 Å². The van der Waals surface area contributed by atoms with Crippen LogP contribution in [-0.2, 0) is 19.0 Å². The molecule has 0 aliphatic heterocycles. The van der Waals surface area contributed by atoms with Crippen molar-refractivity contribution in [2.75, 3.05) is 12.4 Å². The lowest BCUT2D eigenvalue weighted by atomic mass is 9.86. The molecular formula is C27H21Cl2F3N6O2. The number of halogens is 5. The van der Waals surface area contributed by atoms with Crippen molar-refractivity contribution in [2.24, 2.45) is 0 Å². The summed E-state index contributed by atoms with van der Waals surface area (Å²) in [5.41, 5.74) is 0.988. The van der Waals surface area contributed by atoms with Gasteiger partial charge in [0, 0.05) is 35.6 Å². The minimum Gasteiger partial charge on any atom is -0.355 e. The van der Waals surface area contributed by atoms with Crippen molar-refractivity contribution < 1.29 is 22.8 Å². The van der Waals surface area contributed by atoms with Crippen LogP contribution in [0.5, 0.6) is 0 Å². The van der Waals surface area contributed by atoms with E-state index in [9.17, 15) is 22.8 Å². The molecule has 1 aliphatic carbocycles. The molecule has 0 saturated carbocycles. The number of carbonyl (C=O) groups excluding carboxylic acids is 2. The number of hydrogen-bond acceptors (Lipinski definition) is 5. The van der Waals surface area contributed by atoms with E-state index in [0.717, 1.165) is 23.1 Å². The Morgan fingerprint density at radius 1 is 1.02 bits per heavy atom. The van der Waals surface area contributed by atoms with Crippen LogP contribution >= 0.6 is 23.2 Å². The van der Waals surface area contributed by atoms with Crippen LogP contribution in [0, 0.1) is 0 Å². The Bertz CT molecular complexity index is 1640. The first-order valence-corrected chi connectivity index (χ1v) is 13.0. The zero-order valence-electron chi connectivity index (χ0n) is 20.9. The maximum Gasteiger partial charge on any atom is 0.435 e. The fourth-order valence-electron chi connectivity index (χ4n) is 4.69. The molecule has 0 saturated heterocycles. The summed E-state index contributed by atoms with van der Waals surface area (Å²) in [6, 6.07) is 10.4. The fourth-order valence-corrected chi connectivity index (χ4v) is 5.08. The van der Waals surface area contributed by atoms with E-state index in [4.69, 9.17) is 23.2 Å². The number of nitrogens with one attached hydrogen (secondary N) is 2. The van der Waals surface area contributed by atoms with E-state index < -0.39 is 29.4 Å². The number of rotatable bonds is 5. The summed E-state index contributed by atoms with van der Waals surface area (Å²) in [7, 11) is 1.43. The number of anilines is 1. The first kappa shape index (κ1) is 27.6. The highest BCUT2D eigenvalue weighted by molar-refractivity contribution is 6.32. The number of nitrogens with zero attached hydrogens (tertiary/aromatic N) is 4. The van der Waals surface area contributed by atoms with Gasteiger partial charge in [-0.1, -0.05) is 35.3 Å². The van der Waals surface area contributed by atoms with Gasteiger partial charge in [0.05, 0.1) is 10.6 Å². The molecule has 2 N–H and O–H groups in total. The Morgan fingerprint density at radius 3 is 2.50 bits per heavy atom. The molecule has 0 atom stereocenters. The third kappa shape index (κ3) is 5.26. The predicted molar refractivity (Wildman–Crippen MR) is 144 cm³/mol. The summed E-state index contributed by atoms with van der Waals surface area (Å²) in [6.45, 7) is 0. The molecule has 0 spiro atoms. The Kier molecular flexibility index (Phi) is 7.52. The molecule has 4 aromatic rings. The molecule has 0 radical (unpaired) electrons. The van der Waals surface area contributed by atoms with Crippen LogP contribution in [0.3, 0.4) is 0 Å². The lowest BCUT2D eigenvalue weighted by Crippen LogP contribution is -2.26. The summed E-state index contributed by atoms with van der Waals surface area (Å²) in [5, 5.41) is 9.14. The molecule has 1 aliphatic rings. The third-order valence-electron chi connectivity index (χ3n) is 6.45. The number of benzene rings is 1. The van der Waals surface area contributed by atoms with Crippen molar-refractivity contribution in [2.45, 2.75) is 31.9 Å². The van der Waals surface area contributed by atoms with Crippen LogP contribution in [0.4, 0.5) is 19.0 Å². The van der Waals surface area contributed by atoms with E-state index in [1.807, 2.05) is 0 Å². The first-order valence-electron chi connectivity index (χ1n) is 12.2. The summed E-state index contributed by atoms with van der Waals surface area (Å²) < 4.78 is 41.6. The average Bonchev–Trinajstić information content (AvgIpc) is 3.38. The summed E-state index contributed by atoms with van der Waals surface area (Å²) >= 11 is 12.4. The van der Waals surface area contributed by atoms with Crippen molar-refractivity contribution >= 4 is 40.8 Å². The Balaban J connectivity index is 1.69. The van der Waals surface area contributed by atoms with Crippen molar-refractivity contribution in [1.29, 1.82) is 0 Å². The van der Waals surface area contributed by atoms with Crippen LogP contribution in [0.1, 0.15) is 50.6 Å². The summed E-state index contributed by atoms with van der Waals surface area (Å²) in [5.74, 6) is -1.80. The van der Waals surface area contributed by atoms with E-state index in [0.29, 0.717) is 40.8 Å². The van der Waals surface area contributed by atoms with E-state index in [-0.39, 0.29) is 22.2 Å². The van der Waals surface area contributed by atoms with Crippen LogP contribution in [0.2, 0.25) is 10.0 Å². The quantitative estimate of drug-likeness (QED) is 0.291. The van der Waals surface area contributed by atoms with Gasteiger partial charge in [0.15, 0.2) is 11.5 Å². The van der Waals surface area contributed by atoms with Crippen LogP contribution in [0.15, 0.2) is 48.7 Å². The SMILES string of the molecule is CNC(=O)c1c(NC(=O)c2cc(C(F)(F)F)nn2-c2ncccc2Cl)nc2c(c1-c1cccc(Cl)c1)CCCC2. The van der Waals surface area contributed by atoms with E-state index in [2.05, 4.69) is 25.7 Å². The lowest BCUT2D eigenvalue weighted by molar-refractivity contribution is -0.141. The molecule has 5 rings (SSSR count). The second-order valence-electron chi connectivity index (χ2n) is 9.02. The molecule has 1 aromatic carbocycles. The van der Waals surface area contributed by atoms with Gasteiger partial charge in [-0.05, 0) is 61.1 Å². The minimum atomic E-state index is -4.85. The molecule has 3 heterocycles. The van der Waals surface area contributed by atoms with Crippen molar-refractivity contribution in [3.8, 4) is 16.9 Å². The van der Waals surface area contributed by atoms with Gasteiger partial charge in [0.1, 0.15) is 11.5 Å². The number of carbonyl (C=O) groups is 2. The highest BCUT2D eigenvalue weighted by Gasteiger charge is 2.37. The van der Waals surface area contributed by atoms with Crippen LogP contribution in [0.25, 0.3) is 16.9 Å². The fraction of sp³-hybridized carbons (Fsp3) is 0.222. The number of hydrogen-bond donors (Lipinski definition) is 2. The van der Waals surface area contributed by atoms with Crippen LogP contribution < -0.4 is 10.6 Å². The number of fused-ring (bicyclic) bond motifs is 1. The second-order valence-corrected chi connectivity index (χ2v) is 9.86. The smallest absolute Gasteiger partial charge is 0.355 e. The largest absolute Gasteiger partial charge is 0.435 e. The number of aryl methyl sites for hydroxylation is 1. The topological polar surface area (TPSA) is 102 Å². The summed E-state index contributed by atoms with van der Waals surface area (Å²) in [6.07, 6.45) is -0.558. The van der Waals surface area contributed by atoms with Gasteiger partial charge in [-0.2, -0.15) is 18.3 Å². The highest BCUT2D eigenvalue weighted by atomic mass is 35.5. The molecule has 206 valence electrons. The number of aromatic nitrogens is 4. The molecule has 3 aromatic heterocycles. The van der Waals surface area contributed by atoms with Crippen LogP contribution in [-0.4, -0.2) is 38.6 Å². The molecule has 2 amide bonds. The number of alkyl halides is 3. The van der Waals surface area contributed by atoms with Gasteiger partial charge in [0.2, 0.25) is 0 Å². The first-order chi connectivity index (χ1) is 19.1. The second kappa shape index (κ2) is 10.9. The van der Waals surface area contributed by atoms with Gasteiger partial charge < -0.3 is 10.6 Å². The normalized spacial score (nSPS) is 13.1. The Morgan fingerprint density at radius 2 is 1.80 bits per heavy atom. The number of amides is 2. The zero-order valence-corrected chi connectivity index (χ0v) is 22.5. The minimum absolute atomic E-state index is 0.0189. The van der Waals surface area contributed by atoms with Crippen molar-refractivity contribution in [3.05, 3.63) is 86.9 Å². The summed E-state index contributed by atoms with van der Waals surface area (Å²) in [4.78, 5) is 35.5.